The Hall–Kier alpha value is -1.51. The van der Waals surface area contributed by atoms with Crippen LogP contribution in [0.4, 0.5) is 5.69 Å². The number of anilines is 1. The van der Waals surface area contributed by atoms with Crippen molar-refractivity contribution >= 4 is 11.7 Å². The summed E-state index contributed by atoms with van der Waals surface area (Å²) in [6, 6.07) is 6.54. The Bertz CT molecular complexity index is 381. The zero-order valence-corrected chi connectivity index (χ0v) is 11.6. The molecule has 1 aromatic carbocycles. The normalized spacial score (nSPS) is 10.4. The van der Waals surface area contributed by atoms with Crippen LogP contribution in [0.5, 0.6) is 0 Å². The number of rotatable bonds is 7. The lowest BCUT2D eigenvalue weighted by atomic mass is 10.1. The van der Waals surface area contributed by atoms with Crippen molar-refractivity contribution in [1.82, 2.24) is 0 Å². The molecule has 1 rings (SSSR count). The Kier molecular flexibility index (Phi) is 5.69. The van der Waals surface area contributed by atoms with Gasteiger partial charge in [-0.2, -0.15) is 0 Å². The predicted octanol–water partition coefficient (Wildman–Crippen LogP) is 3.38. The van der Waals surface area contributed by atoms with Gasteiger partial charge in [-0.25, -0.2) is 0 Å². The molecule has 3 nitrogen and oxygen atoms in total. The molecule has 0 aromatic heterocycles. The minimum Gasteiger partial charge on any atom is -0.481 e. The highest BCUT2D eigenvalue weighted by Gasteiger charge is 2.03. The summed E-state index contributed by atoms with van der Waals surface area (Å²) in [6.45, 7) is 5.19. The van der Waals surface area contributed by atoms with E-state index >= 15 is 0 Å². The first kappa shape index (κ1) is 14.6. The maximum Gasteiger partial charge on any atom is 0.303 e. The van der Waals surface area contributed by atoms with Gasteiger partial charge in [0.2, 0.25) is 0 Å². The molecule has 0 saturated carbocycles. The van der Waals surface area contributed by atoms with E-state index in [1.807, 2.05) is 0 Å². The summed E-state index contributed by atoms with van der Waals surface area (Å²) in [4.78, 5) is 12.6. The van der Waals surface area contributed by atoms with E-state index in [9.17, 15) is 4.79 Å². The minimum absolute atomic E-state index is 0.285. The fraction of sp³-hybridized carbons (Fsp3) is 0.533. The smallest absolute Gasteiger partial charge is 0.303 e. The second kappa shape index (κ2) is 7.04. The van der Waals surface area contributed by atoms with Crippen LogP contribution in [0.3, 0.4) is 0 Å². The fourth-order valence-corrected chi connectivity index (χ4v) is 2.10. The number of nitrogens with zero attached hydrogens (tertiary/aromatic N) is 1. The summed E-state index contributed by atoms with van der Waals surface area (Å²) in [5, 5.41) is 8.55. The van der Waals surface area contributed by atoms with E-state index in [0.717, 1.165) is 25.8 Å². The minimum atomic E-state index is -0.697. The Morgan fingerprint density at radius 1 is 1.11 bits per heavy atom. The van der Waals surface area contributed by atoms with Gasteiger partial charge < -0.3 is 10.0 Å². The summed E-state index contributed by atoms with van der Waals surface area (Å²) in [5.41, 5.74) is 3.80. The van der Waals surface area contributed by atoms with E-state index < -0.39 is 5.97 Å². The lowest BCUT2D eigenvalue weighted by Crippen LogP contribution is -2.18. The summed E-state index contributed by atoms with van der Waals surface area (Å²) in [6.07, 6.45) is 3.07. The third kappa shape index (κ3) is 5.21. The van der Waals surface area contributed by atoms with E-state index in [0.29, 0.717) is 0 Å². The van der Waals surface area contributed by atoms with Gasteiger partial charge in [0.1, 0.15) is 0 Å². The number of carbonyl (C=O) groups is 1. The number of hydrogen-bond donors (Lipinski definition) is 1. The topological polar surface area (TPSA) is 40.5 Å². The molecule has 0 fully saturated rings. The highest BCUT2D eigenvalue weighted by atomic mass is 16.4. The van der Waals surface area contributed by atoms with Gasteiger partial charge in [-0.3, -0.25) is 4.79 Å². The zero-order valence-electron chi connectivity index (χ0n) is 11.6. The van der Waals surface area contributed by atoms with Gasteiger partial charge in [0.25, 0.3) is 0 Å². The molecule has 0 unspecified atom stereocenters. The molecule has 0 radical (unpaired) electrons. The number of carboxylic acids is 1. The largest absolute Gasteiger partial charge is 0.481 e. The van der Waals surface area contributed by atoms with Crippen LogP contribution in [0.25, 0.3) is 0 Å². The van der Waals surface area contributed by atoms with Crippen molar-refractivity contribution in [3.05, 3.63) is 29.3 Å². The van der Waals surface area contributed by atoms with Crippen LogP contribution in [-0.4, -0.2) is 24.7 Å². The van der Waals surface area contributed by atoms with Crippen LogP contribution in [-0.2, 0) is 4.79 Å². The van der Waals surface area contributed by atoms with Crippen molar-refractivity contribution in [2.75, 3.05) is 18.5 Å². The Morgan fingerprint density at radius 2 is 1.72 bits per heavy atom. The first-order chi connectivity index (χ1) is 8.49. The summed E-state index contributed by atoms with van der Waals surface area (Å²) >= 11 is 0. The zero-order chi connectivity index (χ0) is 13.5. The summed E-state index contributed by atoms with van der Waals surface area (Å²) in [5.74, 6) is -0.697. The van der Waals surface area contributed by atoms with E-state index in [4.69, 9.17) is 5.11 Å². The average molecular weight is 249 g/mol. The van der Waals surface area contributed by atoms with Crippen LogP contribution in [0.15, 0.2) is 18.2 Å². The maximum absolute atomic E-state index is 10.4. The molecule has 0 bridgehead atoms. The number of aryl methyl sites for hydroxylation is 2. The van der Waals surface area contributed by atoms with Gasteiger partial charge in [-0.05, 0) is 49.9 Å². The summed E-state index contributed by atoms with van der Waals surface area (Å²) in [7, 11) is 2.09. The lowest BCUT2D eigenvalue weighted by Gasteiger charge is -2.20. The fourth-order valence-electron chi connectivity index (χ4n) is 2.10. The molecule has 0 saturated heterocycles. The number of unbranched alkanes of at least 4 members (excludes halogenated alkanes) is 2. The standard InChI is InChI=1S/C15H23NO2/c1-12-9-13(2)11-14(10-12)16(3)8-6-4-5-7-15(17)18/h9-11H,4-8H2,1-3H3,(H,17,18). The van der Waals surface area contributed by atoms with Crippen molar-refractivity contribution in [1.29, 1.82) is 0 Å². The molecule has 1 N–H and O–H groups in total. The Labute approximate surface area is 109 Å². The first-order valence-electron chi connectivity index (χ1n) is 6.50. The van der Waals surface area contributed by atoms with E-state index in [2.05, 4.69) is 44.0 Å². The number of benzene rings is 1. The predicted molar refractivity (Wildman–Crippen MR) is 75.3 cm³/mol. The maximum atomic E-state index is 10.4. The van der Waals surface area contributed by atoms with Gasteiger partial charge in [0.05, 0.1) is 0 Å². The Morgan fingerprint density at radius 3 is 2.28 bits per heavy atom. The van der Waals surface area contributed by atoms with Crippen molar-refractivity contribution in [2.45, 2.75) is 39.5 Å². The van der Waals surface area contributed by atoms with Crippen molar-refractivity contribution in [3.63, 3.8) is 0 Å². The van der Waals surface area contributed by atoms with Crippen molar-refractivity contribution in [2.24, 2.45) is 0 Å². The third-order valence-electron chi connectivity index (χ3n) is 3.03. The molecule has 18 heavy (non-hydrogen) atoms. The molecular formula is C15H23NO2. The van der Waals surface area contributed by atoms with Gasteiger partial charge in [-0.1, -0.05) is 12.5 Å². The molecule has 0 aliphatic carbocycles. The second-order valence-electron chi connectivity index (χ2n) is 4.97. The van der Waals surface area contributed by atoms with Crippen molar-refractivity contribution < 1.29 is 9.90 Å². The van der Waals surface area contributed by atoms with E-state index in [-0.39, 0.29) is 6.42 Å². The number of aliphatic carboxylic acids is 1. The monoisotopic (exact) mass is 249 g/mol. The second-order valence-corrected chi connectivity index (χ2v) is 4.97. The van der Waals surface area contributed by atoms with E-state index in [1.54, 1.807) is 0 Å². The molecule has 0 atom stereocenters. The van der Waals surface area contributed by atoms with Gasteiger partial charge >= 0.3 is 5.97 Å². The number of hydrogen-bond acceptors (Lipinski definition) is 2. The van der Waals surface area contributed by atoms with Crippen LogP contribution < -0.4 is 4.90 Å². The average Bonchev–Trinajstić information content (AvgIpc) is 2.26. The van der Waals surface area contributed by atoms with Crippen molar-refractivity contribution in [3.8, 4) is 0 Å². The third-order valence-corrected chi connectivity index (χ3v) is 3.03. The Balaban J connectivity index is 2.36. The molecule has 0 heterocycles. The number of carboxylic acid groups (broad SMARTS) is 1. The molecule has 0 amide bonds. The first-order valence-corrected chi connectivity index (χ1v) is 6.50. The highest BCUT2D eigenvalue weighted by molar-refractivity contribution is 5.66. The summed E-state index contributed by atoms with van der Waals surface area (Å²) < 4.78 is 0. The van der Waals surface area contributed by atoms with Crippen LogP contribution >= 0.6 is 0 Å². The van der Waals surface area contributed by atoms with E-state index in [1.165, 1.54) is 16.8 Å². The lowest BCUT2D eigenvalue weighted by molar-refractivity contribution is -0.137. The molecule has 0 aliphatic heterocycles. The van der Waals surface area contributed by atoms with Crippen LogP contribution in [0, 0.1) is 13.8 Å². The molecule has 1 aromatic rings. The SMILES string of the molecule is Cc1cc(C)cc(N(C)CCCCCC(=O)O)c1. The van der Waals surface area contributed by atoms with Crippen LogP contribution in [0.1, 0.15) is 36.8 Å². The molecule has 0 spiro atoms. The molecule has 0 aliphatic rings. The molecule has 3 heteroatoms. The van der Waals surface area contributed by atoms with Gasteiger partial charge in [-0.15, -0.1) is 0 Å². The van der Waals surface area contributed by atoms with Crippen LogP contribution in [0.2, 0.25) is 0 Å². The molecule has 100 valence electrons. The van der Waals surface area contributed by atoms with Gasteiger partial charge in [0, 0.05) is 25.7 Å². The quantitative estimate of drug-likeness (QED) is 0.753. The molecular weight excluding hydrogens is 226 g/mol. The highest BCUT2D eigenvalue weighted by Crippen LogP contribution is 2.18. The van der Waals surface area contributed by atoms with Gasteiger partial charge in [0.15, 0.2) is 0 Å².